The van der Waals surface area contributed by atoms with Gasteiger partial charge in [0, 0.05) is 17.4 Å². The topological polar surface area (TPSA) is 20.3 Å². The van der Waals surface area contributed by atoms with Crippen LogP contribution in [0.2, 0.25) is 0 Å². The standard InChI is InChI=1S/C15H22BrNO/c16-15-8-11-5-12(9-15)7-14(6-11,10-15)13(18)17-3-1-2-4-17/h11-12H,1-10H2. The van der Waals surface area contributed by atoms with Crippen molar-refractivity contribution in [3.05, 3.63) is 0 Å². The van der Waals surface area contributed by atoms with Gasteiger partial charge in [0.2, 0.25) is 5.91 Å². The summed E-state index contributed by atoms with van der Waals surface area (Å²) in [5.74, 6) is 2.15. The predicted molar refractivity (Wildman–Crippen MR) is 74.6 cm³/mol. The fourth-order valence-corrected chi connectivity index (χ4v) is 7.11. The van der Waals surface area contributed by atoms with E-state index < -0.39 is 0 Å². The van der Waals surface area contributed by atoms with Crippen molar-refractivity contribution in [1.82, 2.24) is 4.90 Å². The number of amides is 1. The maximum Gasteiger partial charge on any atom is 0.228 e. The van der Waals surface area contributed by atoms with Crippen LogP contribution >= 0.6 is 15.9 Å². The van der Waals surface area contributed by atoms with Crippen LogP contribution in [0.15, 0.2) is 0 Å². The van der Waals surface area contributed by atoms with Crippen LogP contribution in [0.3, 0.4) is 0 Å². The second-order valence-electron chi connectivity index (χ2n) is 7.39. The third kappa shape index (κ3) is 1.62. The number of hydrogen-bond acceptors (Lipinski definition) is 1. The predicted octanol–water partition coefficient (Wildman–Crippen LogP) is 3.34. The van der Waals surface area contributed by atoms with Crippen LogP contribution in [0.1, 0.15) is 51.4 Å². The SMILES string of the molecule is O=C(N1CCCC1)C12CC3CC(CC(Br)(C3)C1)C2. The summed E-state index contributed by atoms with van der Waals surface area (Å²) in [7, 11) is 0. The van der Waals surface area contributed by atoms with Gasteiger partial charge in [0.05, 0.1) is 5.41 Å². The normalized spacial score (nSPS) is 49.9. The van der Waals surface area contributed by atoms with Gasteiger partial charge in [0.1, 0.15) is 0 Å². The van der Waals surface area contributed by atoms with Gasteiger partial charge in [0.25, 0.3) is 0 Å². The van der Waals surface area contributed by atoms with Gasteiger partial charge >= 0.3 is 0 Å². The van der Waals surface area contributed by atoms with Gasteiger partial charge in [-0.2, -0.15) is 0 Å². The lowest BCUT2D eigenvalue weighted by Gasteiger charge is -2.60. The molecule has 5 aliphatic rings. The van der Waals surface area contributed by atoms with Gasteiger partial charge in [-0.3, -0.25) is 4.79 Å². The van der Waals surface area contributed by atoms with Gasteiger partial charge in [-0.25, -0.2) is 0 Å². The number of carbonyl (C=O) groups is 1. The highest BCUT2D eigenvalue weighted by Crippen LogP contribution is 2.64. The zero-order chi connectivity index (χ0) is 12.4. The lowest BCUT2D eigenvalue weighted by molar-refractivity contribution is -0.154. The first-order valence-corrected chi connectivity index (χ1v) is 8.36. The van der Waals surface area contributed by atoms with Gasteiger partial charge in [-0.1, -0.05) is 15.9 Å². The Morgan fingerprint density at radius 3 is 2.22 bits per heavy atom. The molecule has 2 atom stereocenters. The summed E-state index contributed by atoms with van der Waals surface area (Å²) in [6, 6.07) is 0. The summed E-state index contributed by atoms with van der Waals surface area (Å²) in [5.41, 5.74) is 0.0257. The minimum atomic E-state index is 0.0257. The Labute approximate surface area is 118 Å². The van der Waals surface area contributed by atoms with Crippen LogP contribution in [0, 0.1) is 17.3 Å². The van der Waals surface area contributed by atoms with E-state index in [0.29, 0.717) is 10.2 Å². The molecule has 1 amide bonds. The molecule has 1 saturated heterocycles. The molecule has 0 aromatic heterocycles. The fraction of sp³-hybridized carbons (Fsp3) is 0.933. The second kappa shape index (κ2) is 3.74. The first-order chi connectivity index (χ1) is 8.59. The smallest absolute Gasteiger partial charge is 0.228 e. The van der Waals surface area contributed by atoms with Crippen molar-refractivity contribution in [1.29, 1.82) is 0 Å². The van der Waals surface area contributed by atoms with Crippen LogP contribution in [-0.4, -0.2) is 28.2 Å². The van der Waals surface area contributed by atoms with Crippen molar-refractivity contribution in [2.75, 3.05) is 13.1 Å². The molecule has 1 heterocycles. The summed E-state index contributed by atoms with van der Waals surface area (Å²) >= 11 is 4.00. The van der Waals surface area contributed by atoms with Crippen LogP contribution < -0.4 is 0 Å². The minimum Gasteiger partial charge on any atom is -0.342 e. The zero-order valence-corrected chi connectivity index (χ0v) is 12.5. The van der Waals surface area contributed by atoms with Crippen molar-refractivity contribution in [2.45, 2.75) is 55.7 Å². The number of likely N-dealkylation sites (tertiary alicyclic amines) is 1. The molecule has 3 heteroatoms. The minimum absolute atomic E-state index is 0.0257. The number of alkyl halides is 1. The first kappa shape index (κ1) is 11.7. The van der Waals surface area contributed by atoms with Crippen LogP contribution in [0.4, 0.5) is 0 Å². The highest BCUT2D eigenvalue weighted by molar-refractivity contribution is 9.10. The number of rotatable bonds is 1. The summed E-state index contributed by atoms with van der Waals surface area (Å²) < 4.78 is 0.312. The third-order valence-corrected chi connectivity index (χ3v) is 6.76. The molecule has 0 N–H and O–H groups in total. The van der Waals surface area contributed by atoms with E-state index in [-0.39, 0.29) is 5.41 Å². The molecule has 5 fully saturated rings. The van der Waals surface area contributed by atoms with E-state index in [1.54, 1.807) is 0 Å². The lowest BCUT2D eigenvalue weighted by Crippen LogP contribution is -2.58. The maximum atomic E-state index is 12.9. The molecule has 4 aliphatic carbocycles. The molecule has 5 rings (SSSR count). The van der Waals surface area contributed by atoms with Gasteiger partial charge < -0.3 is 4.90 Å². The largest absolute Gasteiger partial charge is 0.342 e. The maximum absolute atomic E-state index is 12.9. The molecule has 0 aromatic rings. The number of hydrogen-bond donors (Lipinski definition) is 0. The van der Waals surface area contributed by atoms with Gasteiger partial charge in [0.15, 0.2) is 0 Å². The molecule has 0 aromatic carbocycles. The zero-order valence-electron chi connectivity index (χ0n) is 11.0. The average Bonchev–Trinajstić information content (AvgIpc) is 2.77. The van der Waals surface area contributed by atoms with Crippen molar-refractivity contribution in [3.8, 4) is 0 Å². The summed E-state index contributed by atoms with van der Waals surface area (Å²) in [4.78, 5) is 15.1. The molecule has 2 unspecified atom stereocenters. The quantitative estimate of drug-likeness (QED) is 0.680. The Bertz CT molecular complexity index is 374. The van der Waals surface area contributed by atoms with E-state index in [2.05, 4.69) is 20.8 Å². The molecular weight excluding hydrogens is 290 g/mol. The molecule has 1 aliphatic heterocycles. The Balaban J connectivity index is 1.64. The van der Waals surface area contributed by atoms with E-state index in [4.69, 9.17) is 0 Å². The number of carbonyl (C=O) groups excluding carboxylic acids is 1. The molecule has 0 spiro atoms. The molecule has 2 nitrogen and oxygen atoms in total. The molecule has 100 valence electrons. The van der Waals surface area contributed by atoms with Crippen molar-refractivity contribution in [2.24, 2.45) is 17.3 Å². The van der Waals surface area contributed by atoms with E-state index in [1.807, 2.05) is 0 Å². The Hall–Kier alpha value is -0.0500. The second-order valence-corrected chi connectivity index (χ2v) is 9.07. The summed E-state index contributed by atoms with van der Waals surface area (Å²) in [5, 5.41) is 0. The molecule has 4 saturated carbocycles. The van der Waals surface area contributed by atoms with Crippen molar-refractivity contribution in [3.63, 3.8) is 0 Å². The van der Waals surface area contributed by atoms with E-state index in [9.17, 15) is 4.79 Å². The van der Waals surface area contributed by atoms with E-state index >= 15 is 0 Å². The van der Waals surface area contributed by atoms with Gasteiger partial charge in [-0.05, 0) is 63.2 Å². The Morgan fingerprint density at radius 2 is 1.67 bits per heavy atom. The lowest BCUT2D eigenvalue weighted by atomic mass is 9.49. The van der Waals surface area contributed by atoms with Crippen LogP contribution in [-0.2, 0) is 4.79 Å². The Kier molecular flexibility index (Phi) is 2.44. The van der Waals surface area contributed by atoms with Gasteiger partial charge in [-0.15, -0.1) is 0 Å². The van der Waals surface area contributed by atoms with Crippen LogP contribution in [0.25, 0.3) is 0 Å². The average molecular weight is 312 g/mol. The fourth-order valence-electron chi connectivity index (χ4n) is 5.66. The molecular formula is C15H22BrNO. The molecule has 0 radical (unpaired) electrons. The van der Waals surface area contributed by atoms with Crippen molar-refractivity contribution < 1.29 is 4.79 Å². The first-order valence-electron chi connectivity index (χ1n) is 7.57. The highest BCUT2D eigenvalue weighted by Gasteiger charge is 2.60. The third-order valence-electron chi connectivity index (χ3n) is 5.84. The summed E-state index contributed by atoms with van der Waals surface area (Å²) in [6.45, 7) is 2.04. The van der Waals surface area contributed by atoms with E-state index in [1.165, 1.54) is 44.9 Å². The number of halogens is 1. The monoisotopic (exact) mass is 311 g/mol. The number of nitrogens with zero attached hydrogens (tertiary/aromatic N) is 1. The van der Waals surface area contributed by atoms with Crippen LogP contribution in [0.5, 0.6) is 0 Å². The summed E-state index contributed by atoms with van der Waals surface area (Å²) in [6.07, 6.45) is 9.95. The van der Waals surface area contributed by atoms with E-state index in [0.717, 1.165) is 31.3 Å². The molecule has 18 heavy (non-hydrogen) atoms. The molecule has 4 bridgehead atoms. The van der Waals surface area contributed by atoms with Crippen molar-refractivity contribution >= 4 is 21.8 Å². The Morgan fingerprint density at radius 1 is 1.06 bits per heavy atom. The highest BCUT2D eigenvalue weighted by atomic mass is 79.9.